The highest BCUT2D eigenvalue weighted by molar-refractivity contribution is 8.00. The fraction of sp³-hybridized carbons (Fsp3) is 0.929. The summed E-state index contributed by atoms with van der Waals surface area (Å²) in [5, 5.41) is 4.14. The van der Waals surface area contributed by atoms with Crippen molar-refractivity contribution in [3.05, 3.63) is 0 Å². The summed E-state index contributed by atoms with van der Waals surface area (Å²) >= 11 is 2.08. The Balaban J connectivity index is 2.25. The molecule has 1 unspecified atom stereocenters. The van der Waals surface area contributed by atoms with Crippen molar-refractivity contribution in [1.29, 1.82) is 0 Å². The van der Waals surface area contributed by atoms with Crippen LogP contribution in [0.2, 0.25) is 0 Å². The molecule has 1 N–H and O–H groups in total. The summed E-state index contributed by atoms with van der Waals surface area (Å²) in [7, 11) is 1.86. The zero-order valence-corrected chi connectivity index (χ0v) is 13.6. The molecule has 1 fully saturated rings. The summed E-state index contributed by atoms with van der Waals surface area (Å²) in [6.07, 6.45) is 1.23. The molecule has 0 aromatic heterocycles. The third-order valence-electron chi connectivity index (χ3n) is 3.09. The van der Waals surface area contributed by atoms with Crippen molar-refractivity contribution in [3.63, 3.8) is 0 Å². The summed E-state index contributed by atoms with van der Waals surface area (Å²) in [5.41, 5.74) is 0. The van der Waals surface area contributed by atoms with Crippen LogP contribution in [0.25, 0.3) is 0 Å². The van der Waals surface area contributed by atoms with Crippen LogP contribution in [0.5, 0.6) is 0 Å². The summed E-state index contributed by atoms with van der Waals surface area (Å²) in [4.78, 5) is 6.75. The minimum absolute atomic E-state index is 0.601. The van der Waals surface area contributed by atoms with Crippen LogP contribution in [0, 0.1) is 5.92 Å². The second kappa shape index (κ2) is 9.48. The van der Waals surface area contributed by atoms with Crippen molar-refractivity contribution in [2.45, 2.75) is 32.4 Å². The van der Waals surface area contributed by atoms with Crippen molar-refractivity contribution in [2.75, 3.05) is 45.6 Å². The van der Waals surface area contributed by atoms with E-state index < -0.39 is 0 Å². The highest BCUT2D eigenvalue weighted by atomic mass is 32.2. The van der Waals surface area contributed by atoms with Crippen LogP contribution < -0.4 is 5.32 Å². The smallest absolute Gasteiger partial charge is 0.193 e. The van der Waals surface area contributed by atoms with E-state index in [0.717, 1.165) is 44.1 Å². The number of hydrogen-bond donors (Lipinski definition) is 1. The number of rotatable bonds is 6. The maximum absolute atomic E-state index is 5.58. The Morgan fingerprint density at radius 1 is 1.53 bits per heavy atom. The Morgan fingerprint density at radius 3 is 2.95 bits per heavy atom. The SMILES string of the molecule is CCC1CN(C(=NC)NCCOCC(C)C)CCS1. The summed E-state index contributed by atoms with van der Waals surface area (Å²) in [6.45, 7) is 11.2. The van der Waals surface area contributed by atoms with Gasteiger partial charge in [-0.1, -0.05) is 20.8 Å². The second-order valence-corrected chi connectivity index (χ2v) is 6.70. The topological polar surface area (TPSA) is 36.9 Å². The van der Waals surface area contributed by atoms with Gasteiger partial charge in [-0.05, 0) is 12.3 Å². The molecule has 1 saturated heterocycles. The first-order valence-corrected chi connectivity index (χ1v) is 8.37. The van der Waals surface area contributed by atoms with Gasteiger partial charge in [-0.3, -0.25) is 4.99 Å². The van der Waals surface area contributed by atoms with E-state index in [4.69, 9.17) is 4.74 Å². The Morgan fingerprint density at radius 2 is 2.32 bits per heavy atom. The Kier molecular flexibility index (Phi) is 8.30. The average molecular weight is 287 g/mol. The molecule has 5 heteroatoms. The lowest BCUT2D eigenvalue weighted by Gasteiger charge is -2.34. The molecule has 0 spiro atoms. The molecule has 1 atom stereocenters. The van der Waals surface area contributed by atoms with Crippen molar-refractivity contribution >= 4 is 17.7 Å². The molecule has 1 aliphatic heterocycles. The lowest BCUT2D eigenvalue weighted by molar-refractivity contribution is 0.114. The number of thioether (sulfide) groups is 1. The van der Waals surface area contributed by atoms with E-state index in [1.165, 1.54) is 12.2 Å². The molecule has 0 aromatic carbocycles. The fourth-order valence-corrected chi connectivity index (χ4v) is 3.23. The summed E-state index contributed by atoms with van der Waals surface area (Å²) in [6, 6.07) is 0. The minimum atomic E-state index is 0.601. The van der Waals surface area contributed by atoms with E-state index in [1.54, 1.807) is 0 Å². The first kappa shape index (κ1) is 16.6. The van der Waals surface area contributed by atoms with Crippen molar-refractivity contribution in [1.82, 2.24) is 10.2 Å². The van der Waals surface area contributed by atoms with E-state index in [9.17, 15) is 0 Å². The number of ether oxygens (including phenoxy) is 1. The lowest BCUT2D eigenvalue weighted by atomic mass is 10.2. The maximum atomic E-state index is 5.58. The molecule has 0 radical (unpaired) electrons. The summed E-state index contributed by atoms with van der Waals surface area (Å²) < 4.78 is 5.58. The Hall–Kier alpha value is -0.420. The zero-order chi connectivity index (χ0) is 14.1. The Bertz CT molecular complexity index is 271. The predicted octanol–water partition coefficient (Wildman–Crippen LogP) is 2.06. The van der Waals surface area contributed by atoms with Crippen molar-refractivity contribution < 1.29 is 4.74 Å². The van der Waals surface area contributed by atoms with Gasteiger partial charge in [-0.15, -0.1) is 0 Å². The van der Waals surface area contributed by atoms with E-state index in [0.29, 0.717) is 5.92 Å². The second-order valence-electron chi connectivity index (χ2n) is 5.29. The molecule has 4 nitrogen and oxygen atoms in total. The standard InChI is InChI=1S/C14H29N3OS/c1-5-13-10-17(7-9-19-13)14(15-4)16-6-8-18-11-12(2)3/h12-13H,5-11H2,1-4H3,(H,15,16). The van der Waals surface area contributed by atoms with Crippen molar-refractivity contribution in [2.24, 2.45) is 10.9 Å². The van der Waals surface area contributed by atoms with Gasteiger partial charge in [0.15, 0.2) is 5.96 Å². The third kappa shape index (κ3) is 6.52. The van der Waals surface area contributed by atoms with Crippen LogP contribution in [0.15, 0.2) is 4.99 Å². The molecule has 0 saturated carbocycles. The van der Waals surface area contributed by atoms with Gasteiger partial charge in [0.25, 0.3) is 0 Å². The van der Waals surface area contributed by atoms with Crippen LogP contribution in [0.4, 0.5) is 0 Å². The third-order valence-corrected chi connectivity index (χ3v) is 4.46. The van der Waals surface area contributed by atoms with Crippen LogP contribution >= 0.6 is 11.8 Å². The van der Waals surface area contributed by atoms with E-state index in [-0.39, 0.29) is 0 Å². The lowest BCUT2D eigenvalue weighted by Crippen LogP contribution is -2.48. The van der Waals surface area contributed by atoms with Gasteiger partial charge in [0.2, 0.25) is 0 Å². The molecule has 1 heterocycles. The quantitative estimate of drug-likeness (QED) is 0.461. The van der Waals surface area contributed by atoms with Gasteiger partial charge >= 0.3 is 0 Å². The first-order valence-electron chi connectivity index (χ1n) is 7.32. The summed E-state index contributed by atoms with van der Waals surface area (Å²) in [5.74, 6) is 2.82. The van der Waals surface area contributed by atoms with E-state index >= 15 is 0 Å². The van der Waals surface area contributed by atoms with Gasteiger partial charge < -0.3 is 15.0 Å². The van der Waals surface area contributed by atoms with E-state index in [2.05, 4.69) is 47.7 Å². The molecule has 0 aromatic rings. The molecule has 0 amide bonds. The van der Waals surface area contributed by atoms with Crippen LogP contribution in [0.3, 0.4) is 0 Å². The monoisotopic (exact) mass is 287 g/mol. The highest BCUT2D eigenvalue weighted by Gasteiger charge is 2.21. The van der Waals surface area contributed by atoms with Crippen LogP contribution in [-0.4, -0.2) is 61.8 Å². The molecule has 0 bridgehead atoms. The van der Waals surface area contributed by atoms with Crippen molar-refractivity contribution in [3.8, 4) is 0 Å². The molecule has 19 heavy (non-hydrogen) atoms. The van der Waals surface area contributed by atoms with Crippen LogP contribution in [-0.2, 0) is 4.74 Å². The van der Waals surface area contributed by atoms with Crippen LogP contribution in [0.1, 0.15) is 27.2 Å². The van der Waals surface area contributed by atoms with E-state index in [1.807, 2.05) is 7.05 Å². The maximum Gasteiger partial charge on any atom is 0.193 e. The van der Waals surface area contributed by atoms with Gasteiger partial charge in [-0.2, -0.15) is 11.8 Å². The molecular weight excluding hydrogens is 258 g/mol. The molecular formula is C14H29N3OS. The molecule has 1 aliphatic rings. The molecule has 112 valence electrons. The number of guanidine groups is 1. The largest absolute Gasteiger partial charge is 0.379 e. The van der Waals surface area contributed by atoms with Gasteiger partial charge in [0.1, 0.15) is 0 Å². The average Bonchev–Trinajstić information content (AvgIpc) is 2.42. The van der Waals surface area contributed by atoms with Gasteiger partial charge in [0, 0.05) is 44.3 Å². The zero-order valence-electron chi connectivity index (χ0n) is 12.8. The number of aliphatic imine (C=N–C) groups is 1. The molecule has 1 rings (SSSR count). The number of nitrogens with zero attached hydrogens (tertiary/aromatic N) is 2. The highest BCUT2D eigenvalue weighted by Crippen LogP contribution is 2.20. The van der Waals surface area contributed by atoms with Gasteiger partial charge in [-0.25, -0.2) is 0 Å². The number of nitrogens with one attached hydrogen (secondary N) is 1. The Labute approximate surface area is 122 Å². The fourth-order valence-electron chi connectivity index (χ4n) is 2.05. The minimum Gasteiger partial charge on any atom is -0.379 e. The van der Waals surface area contributed by atoms with Gasteiger partial charge in [0.05, 0.1) is 6.61 Å². The normalized spacial score (nSPS) is 21.0. The first-order chi connectivity index (χ1) is 9.17. The number of hydrogen-bond acceptors (Lipinski definition) is 3. The predicted molar refractivity (Wildman–Crippen MR) is 85.1 cm³/mol. The molecule has 0 aliphatic carbocycles.